The van der Waals surface area contributed by atoms with Crippen LogP contribution in [-0.2, 0) is 0 Å². The highest BCUT2D eigenvalue weighted by Crippen LogP contribution is 2.40. The van der Waals surface area contributed by atoms with Crippen molar-refractivity contribution in [1.29, 1.82) is 0 Å². The predicted molar refractivity (Wildman–Crippen MR) is 125 cm³/mol. The third-order valence-electron chi connectivity index (χ3n) is 5.58. The molecule has 0 bridgehead atoms. The topological polar surface area (TPSA) is 39.2 Å². The minimum absolute atomic E-state index is 0.608. The van der Waals surface area contributed by atoms with Crippen molar-refractivity contribution in [1.82, 2.24) is 4.98 Å². The molecule has 3 heterocycles. The second kappa shape index (κ2) is 5.85. The number of benzene rings is 4. The third-order valence-corrected chi connectivity index (χ3v) is 7.21. The summed E-state index contributed by atoms with van der Waals surface area (Å²) in [6, 6.07) is 24.3. The van der Waals surface area contributed by atoms with E-state index in [0.717, 1.165) is 63.8 Å². The fourth-order valence-corrected chi connectivity index (χ4v) is 5.58. The van der Waals surface area contributed by atoms with Gasteiger partial charge in [0.15, 0.2) is 5.58 Å². The Kier molecular flexibility index (Phi) is 3.21. The van der Waals surface area contributed by atoms with E-state index in [1.165, 1.54) is 0 Å². The van der Waals surface area contributed by atoms with Crippen LogP contribution in [0.15, 0.2) is 81.6 Å². The van der Waals surface area contributed by atoms with E-state index in [9.17, 15) is 0 Å². The molecule has 3 nitrogen and oxygen atoms in total. The quantitative estimate of drug-likeness (QED) is 0.265. The number of hydrogen-bond acceptors (Lipinski definition) is 4. The van der Waals surface area contributed by atoms with Gasteiger partial charge in [0.1, 0.15) is 16.7 Å². The molecule has 142 valence electrons. The van der Waals surface area contributed by atoms with E-state index >= 15 is 0 Å². The van der Waals surface area contributed by atoms with Crippen LogP contribution >= 0.6 is 22.9 Å². The van der Waals surface area contributed by atoms with Gasteiger partial charge in [-0.3, -0.25) is 0 Å². The standard InChI is InChI=1S/C25H12ClNO2S/c26-18-6-3-5-15-17-11-19-22(12-23(17)30-24(15)18)29-25(27-19)13-8-9-21-16(10-13)14-4-1-2-7-20(14)28-21/h1-12H. The van der Waals surface area contributed by atoms with Crippen molar-refractivity contribution in [2.45, 2.75) is 0 Å². The maximum Gasteiger partial charge on any atom is 0.227 e. The van der Waals surface area contributed by atoms with E-state index in [4.69, 9.17) is 25.4 Å². The number of oxazole rings is 1. The van der Waals surface area contributed by atoms with Gasteiger partial charge >= 0.3 is 0 Å². The largest absolute Gasteiger partial charge is 0.456 e. The molecule has 5 heteroatoms. The number of thiophene rings is 1. The number of hydrogen-bond donors (Lipinski definition) is 0. The third kappa shape index (κ3) is 2.23. The molecule has 0 atom stereocenters. The lowest BCUT2D eigenvalue weighted by molar-refractivity contribution is 0.620. The molecule has 0 saturated heterocycles. The number of para-hydroxylation sites is 1. The fraction of sp³-hybridized carbons (Fsp3) is 0. The van der Waals surface area contributed by atoms with Gasteiger partial charge in [-0.2, -0.15) is 0 Å². The second-order valence-corrected chi connectivity index (χ2v) is 8.82. The smallest absolute Gasteiger partial charge is 0.227 e. The monoisotopic (exact) mass is 425 g/mol. The zero-order valence-electron chi connectivity index (χ0n) is 15.5. The molecule has 7 rings (SSSR count). The van der Waals surface area contributed by atoms with Gasteiger partial charge in [0.2, 0.25) is 5.89 Å². The summed E-state index contributed by atoms with van der Waals surface area (Å²) in [6.07, 6.45) is 0. The number of halogens is 1. The minimum atomic E-state index is 0.608. The summed E-state index contributed by atoms with van der Waals surface area (Å²) in [5.41, 5.74) is 4.29. The molecule has 30 heavy (non-hydrogen) atoms. The Balaban J connectivity index is 1.45. The Bertz CT molecular complexity index is 1770. The molecule has 0 aliphatic carbocycles. The summed E-state index contributed by atoms with van der Waals surface area (Å²) in [5, 5.41) is 5.24. The Hall–Kier alpha value is -3.34. The number of fused-ring (bicyclic) bond motifs is 7. The Morgan fingerprint density at radius 2 is 1.57 bits per heavy atom. The minimum Gasteiger partial charge on any atom is -0.456 e. The highest BCUT2D eigenvalue weighted by atomic mass is 35.5. The summed E-state index contributed by atoms with van der Waals surface area (Å²) in [5.74, 6) is 0.608. The summed E-state index contributed by atoms with van der Waals surface area (Å²) >= 11 is 8.06. The zero-order chi connectivity index (χ0) is 19.8. The van der Waals surface area contributed by atoms with E-state index in [1.807, 2.05) is 42.5 Å². The van der Waals surface area contributed by atoms with E-state index in [2.05, 4.69) is 30.3 Å². The van der Waals surface area contributed by atoms with Crippen LogP contribution in [0.3, 0.4) is 0 Å². The van der Waals surface area contributed by atoms with Crippen LogP contribution in [0.25, 0.3) is 64.7 Å². The van der Waals surface area contributed by atoms with Crippen LogP contribution in [-0.4, -0.2) is 4.98 Å². The van der Waals surface area contributed by atoms with E-state index in [1.54, 1.807) is 11.3 Å². The van der Waals surface area contributed by atoms with Crippen molar-refractivity contribution in [2.24, 2.45) is 0 Å². The Morgan fingerprint density at radius 3 is 2.53 bits per heavy atom. The molecule has 0 radical (unpaired) electrons. The molecule has 0 unspecified atom stereocenters. The molecule has 0 spiro atoms. The van der Waals surface area contributed by atoms with Gasteiger partial charge in [-0.1, -0.05) is 41.9 Å². The van der Waals surface area contributed by atoms with Gasteiger partial charge in [-0.05, 0) is 36.4 Å². The lowest BCUT2D eigenvalue weighted by Crippen LogP contribution is -1.77. The van der Waals surface area contributed by atoms with Gasteiger partial charge in [0.05, 0.1) is 9.72 Å². The number of furan rings is 1. The second-order valence-electron chi connectivity index (χ2n) is 7.36. The van der Waals surface area contributed by atoms with Gasteiger partial charge in [-0.25, -0.2) is 4.98 Å². The average Bonchev–Trinajstić information content (AvgIpc) is 3.45. The molecular weight excluding hydrogens is 414 g/mol. The molecule has 0 N–H and O–H groups in total. The number of aromatic nitrogens is 1. The summed E-state index contributed by atoms with van der Waals surface area (Å²) in [7, 11) is 0. The molecule has 0 amide bonds. The molecule has 0 saturated carbocycles. The maximum atomic E-state index is 6.38. The summed E-state index contributed by atoms with van der Waals surface area (Å²) < 4.78 is 14.3. The first-order chi connectivity index (χ1) is 14.7. The highest BCUT2D eigenvalue weighted by molar-refractivity contribution is 7.26. The van der Waals surface area contributed by atoms with Crippen molar-refractivity contribution in [3.05, 3.63) is 77.8 Å². The molecule has 4 aromatic carbocycles. The zero-order valence-corrected chi connectivity index (χ0v) is 17.1. The molecule has 0 aliphatic heterocycles. The van der Waals surface area contributed by atoms with Crippen molar-refractivity contribution in [3.8, 4) is 11.5 Å². The lowest BCUT2D eigenvalue weighted by Gasteiger charge is -1.95. The molecular formula is C25H12ClNO2S. The molecule has 0 aliphatic rings. The first kappa shape index (κ1) is 16.5. The van der Waals surface area contributed by atoms with Crippen LogP contribution in [0.5, 0.6) is 0 Å². The highest BCUT2D eigenvalue weighted by Gasteiger charge is 2.15. The van der Waals surface area contributed by atoms with Crippen LogP contribution in [0, 0.1) is 0 Å². The molecule has 3 aromatic heterocycles. The summed E-state index contributed by atoms with van der Waals surface area (Å²) in [6.45, 7) is 0. The number of rotatable bonds is 1. The first-order valence-corrected chi connectivity index (χ1v) is 10.8. The van der Waals surface area contributed by atoms with Crippen LogP contribution < -0.4 is 0 Å². The van der Waals surface area contributed by atoms with Crippen LogP contribution in [0.4, 0.5) is 0 Å². The number of nitrogens with zero attached hydrogens (tertiary/aromatic N) is 1. The van der Waals surface area contributed by atoms with Gasteiger partial charge in [0, 0.05) is 37.9 Å². The normalized spacial score (nSPS) is 12.2. The Morgan fingerprint density at radius 1 is 0.700 bits per heavy atom. The first-order valence-electron chi connectivity index (χ1n) is 9.58. The average molecular weight is 426 g/mol. The van der Waals surface area contributed by atoms with Gasteiger partial charge < -0.3 is 8.83 Å². The SMILES string of the molecule is Clc1cccc2c1sc1cc3oc(-c4ccc5oc6ccccc6c5c4)nc3cc12. The van der Waals surface area contributed by atoms with Crippen molar-refractivity contribution in [2.75, 3.05) is 0 Å². The molecule has 7 aromatic rings. The van der Waals surface area contributed by atoms with Gasteiger partial charge in [-0.15, -0.1) is 11.3 Å². The van der Waals surface area contributed by atoms with Crippen molar-refractivity contribution in [3.63, 3.8) is 0 Å². The van der Waals surface area contributed by atoms with Crippen molar-refractivity contribution >= 4 is 76.1 Å². The van der Waals surface area contributed by atoms with Crippen LogP contribution in [0.2, 0.25) is 5.02 Å². The van der Waals surface area contributed by atoms with Gasteiger partial charge in [0.25, 0.3) is 0 Å². The lowest BCUT2D eigenvalue weighted by atomic mass is 10.1. The van der Waals surface area contributed by atoms with Crippen molar-refractivity contribution < 1.29 is 8.83 Å². The van der Waals surface area contributed by atoms with E-state index in [0.29, 0.717) is 5.89 Å². The molecule has 0 fully saturated rings. The fourth-order valence-electron chi connectivity index (χ4n) is 4.17. The predicted octanol–water partition coefficient (Wildman–Crippen LogP) is 8.42. The van der Waals surface area contributed by atoms with E-state index < -0.39 is 0 Å². The maximum absolute atomic E-state index is 6.38. The van der Waals surface area contributed by atoms with Crippen LogP contribution in [0.1, 0.15) is 0 Å². The van der Waals surface area contributed by atoms with E-state index in [-0.39, 0.29) is 0 Å². The Labute approximate surface area is 179 Å². The summed E-state index contributed by atoms with van der Waals surface area (Å²) in [4.78, 5) is 4.79.